The number of rotatable bonds is 6. The minimum atomic E-state index is -0.0549. The van der Waals surface area contributed by atoms with Crippen molar-refractivity contribution in [3.05, 3.63) is 65.7 Å². The Bertz CT molecular complexity index is 752. The van der Waals surface area contributed by atoms with Crippen LogP contribution in [-0.4, -0.2) is 23.8 Å². The molecule has 1 aliphatic rings. The van der Waals surface area contributed by atoms with Crippen LogP contribution in [0.2, 0.25) is 0 Å². The smallest absolute Gasteiger partial charge is 0.253 e. The normalized spacial score (nSPS) is 14.2. The van der Waals surface area contributed by atoms with Gasteiger partial charge in [0.15, 0.2) is 0 Å². The number of hydrogen-bond donors (Lipinski definition) is 1. The Balaban J connectivity index is 1.60. The maximum absolute atomic E-state index is 12.7. The van der Waals surface area contributed by atoms with E-state index in [1.54, 1.807) is 24.1 Å². The van der Waals surface area contributed by atoms with Gasteiger partial charge in [0.25, 0.3) is 5.91 Å². The Labute approximate surface area is 155 Å². The first-order valence-electron chi connectivity index (χ1n) is 9.31. The van der Waals surface area contributed by atoms with Crippen molar-refractivity contribution in [1.29, 1.82) is 0 Å². The molecule has 4 nitrogen and oxygen atoms in total. The molecule has 0 bridgehead atoms. The second-order valence-electron chi connectivity index (χ2n) is 7.13. The summed E-state index contributed by atoms with van der Waals surface area (Å²) in [4.78, 5) is 26.6. The standard InChI is InChI=1S/C22H26N2O2/c1-24(16-18-10-3-2-4-11-18)22(26)19-12-7-13-20(15-19)23-21(25)14-17-8-5-6-9-17/h2-4,7,10-13,15,17H,5-6,8-9,14,16H2,1H3,(H,23,25). The molecule has 0 atom stereocenters. The first-order valence-corrected chi connectivity index (χ1v) is 9.31. The molecule has 0 unspecified atom stereocenters. The van der Waals surface area contributed by atoms with Gasteiger partial charge in [0.2, 0.25) is 5.91 Å². The molecule has 0 aromatic heterocycles. The van der Waals surface area contributed by atoms with E-state index in [0.717, 1.165) is 18.4 Å². The molecule has 0 heterocycles. The zero-order chi connectivity index (χ0) is 18.4. The van der Waals surface area contributed by atoms with Crippen molar-refractivity contribution in [3.8, 4) is 0 Å². The highest BCUT2D eigenvalue weighted by atomic mass is 16.2. The number of nitrogens with one attached hydrogen (secondary N) is 1. The van der Waals surface area contributed by atoms with Gasteiger partial charge in [0, 0.05) is 31.3 Å². The van der Waals surface area contributed by atoms with Crippen molar-refractivity contribution in [2.24, 2.45) is 5.92 Å². The Morgan fingerprint density at radius 2 is 1.77 bits per heavy atom. The molecule has 0 radical (unpaired) electrons. The summed E-state index contributed by atoms with van der Waals surface area (Å²) in [6, 6.07) is 17.1. The molecule has 2 aromatic carbocycles. The van der Waals surface area contributed by atoms with Crippen LogP contribution < -0.4 is 5.32 Å². The molecule has 1 aliphatic carbocycles. The summed E-state index contributed by atoms with van der Waals surface area (Å²) in [6.45, 7) is 0.554. The molecular formula is C22H26N2O2. The van der Waals surface area contributed by atoms with Crippen LogP contribution in [0.3, 0.4) is 0 Å². The van der Waals surface area contributed by atoms with Gasteiger partial charge in [-0.05, 0) is 42.5 Å². The maximum Gasteiger partial charge on any atom is 0.253 e. The molecule has 136 valence electrons. The van der Waals surface area contributed by atoms with Crippen LogP contribution in [0.15, 0.2) is 54.6 Å². The highest BCUT2D eigenvalue weighted by Crippen LogP contribution is 2.27. The monoisotopic (exact) mass is 350 g/mol. The van der Waals surface area contributed by atoms with Crippen molar-refractivity contribution < 1.29 is 9.59 Å². The predicted octanol–water partition coefficient (Wildman–Crippen LogP) is 4.48. The fourth-order valence-electron chi connectivity index (χ4n) is 3.57. The van der Waals surface area contributed by atoms with Crippen LogP contribution in [0.1, 0.15) is 48.0 Å². The lowest BCUT2D eigenvalue weighted by Gasteiger charge is -2.18. The number of amides is 2. The molecule has 0 spiro atoms. The van der Waals surface area contributed by atoms with Gasteiger partial charge in [-0.15, -0.1) is 0 Å². The van der Waals surface area contributed by atoms with Gasteiger partial charge in [-0.25, -0.2) is 0 Å². The summed E-state index contributed by atoms with van der Waals surface area (Å²) in [5.74, 6) is 0.497. The summed E-state index contributed by atoms with van der Waals surface area (Å²) in [6.07, 6.45) is 5.34. The van der Waals surface area contributed by atoms with Gasteiger partial charge >= 0.3 is 0 Å². The largest absolute Gasteiger partial charge is 0.337 e. The van der Waals surface area contributed by atoms with Crippen LogP contribution in [0.25, 0.3) is 0 Å². The minimum Gasteiger partial charge on any atom is -0.337 e. The van der Waals surface area contributed by atoms with Gasteiger partial charge in [0.1, 0.15) is 0 Å². The van der Waals surface area contributed by atoms with E-state index in [1.165, 1.54) is 12.8 Å². The fraction of sp³-hybridized carbons (Fsp3) is 0.364. The average molecular weight is 350 g/mol. The van der Waals surface area contributed by atoms with E-state index < -0.39 is 0 Å². The minimum absolute atomic E-state index is 0.0409. The van der Waals surface area contributed by atoms with Gasteiger partial charge in [-0.1, -0.05) is 49.2 Å². The average Bonchev–Trinajstić information content (AvgIpc) is 3.15. The molecule has 1 fully saturated rings. The number of anilines is 1. The molecule has 0 aliphatic heterocycles. The maximum atomic E-state index is 12.7. The third-order valence-corrected chi connectivity index (χ3v) is 4.95. The topological polar surface area (TPSA) is 49.4 Å². The molecular weight excluding hydrogens is 324 g/mol. The van der Waals surface area contributed by atoms with E-state index in [-0.39, 0.29) is 11.8 Å². The summed E-state index contributed by atoms with van der Waals surface area (Å²) in [5, 5.41) is 2.94. The Kier molecular flexibility index (Phi) is 6.05. The van der Waals surface area contributed by atoms with E-state index in [1.807, 2.05) is 42.5 Å². The SMILES string of the molecule is CN(Cc1ccccc1)C(=O)c1cccc(NC(=O)CC2CCCC2)c1. The van der Waals surface area contributed by atoms with Gasteiger partial charge in [0.05, 0.1) is 0 Å². The van der Waals surface area contributed by atoms with E-state index >= 15 is 0 Å². The van der Waals surface area contributed by atoms with Gasteiger partial charge in [-0.3, -0.25) is 9.59 Å². The zero-order valence-corrected chi connectivity index (χ0v) is 15.3. The number of benzene rings is 2. The molecule has 4 heteroatoms. The highest BCUT2D eigenvalue weighted by Gasteiger charge is 2.19. The Hall–Kier alpha value is -2.62. The molecule has 0 saturated heterocycles. The summed E-state index contributed by atoms with van der Waals surface area (Å²) < 4.78 is 0. The van der Waals surface area contributed by atoms with Crippen molar-refractivity contribution in [1.82, 2.24) is 4.90 Å². The number of carbonyl (C=O) groups excluding carboxylic acids is 2. The number of nitrogens with zero attached hydrogens (tertiary/aromatic N) is 1. The van der Waals surface area contributed by atoms with E-state index in [2.05, 4.69) is 5.32 Å². The molecule has 2 amide bonds. The highest BCUT2D eigenvalue weighted by molar-refractivity contribution is 5.97. The molecule has 1 saturated carbocycles. The third-order valence-electron chi connectivity index (χ3n) is 4.95. The third kappa shape index (κ3) is 4.94. The lowest BCUT2D eigenvalue weighted by atomic mass is 10.0. The molecule has 1 N–H and O–H groups in total. The first kappa shape index (κ1) is 18.2. The fourth-order valence-corrected chi connectivity index (χ4v) is 3.57. The van der Waals surface area contributed by atoms with Crippen LogP contribution in [-0.2, 0) is 11.3 Å². The zero-order valence-electron chi connectivity index (χ0n) is 15.3. The van der Waals surface area contributed by atoms with E-state index in [4.69, 9.17) is 0 Å². The number of hydrogen-bond acceptors (Lipinski definition) is 2. The molecule has 2 aromatic rings. The van der Waals surface area contributed by atoms with Crippen molar-refractivity contribution in [2.45, 2.75) is 38.6 Å². The van der Waals surface area contributed by atoms with Crippen LogP contribution in [0.4, 0.5) is 5.69 Å². The second kappa shape index (κ2) is 8.65. The Morgan fingerprint density at radius 1 is 1.04 bits per heavy atom. The molecule has 3 rings (SSSR count). The second-order valence-corrected chi connectivity index (χ2v) is 7.13. The van der Waals surface area contributed by atoms with Crippen molar-refractivity contribution >= 4 is 17.5 Å². The summed E-state index contributed by atoms with van der Waals surface area (Å²) >= 11 is 0. The summed E-state index contributed by atoms with van der Waals surface area (Å²) in [5.41, 5.74) is 2.36. The van der Waals surface area contributed by atoms with Crippen molar-refractivity contribution in [3.63, 3.8) is 0 Å². The lowest BCUT2D eigenvalue weighted by Crippen LogP contribution is -2.26. The van der Waals surface area contributed by atoms with Gasteiger partial charge < -0.3 is 10.2 Å². The van der Waals surface area contributed by atoms with Crippen LogP contribution in [0.5, 0.6) is 0 Å². The summed E-state index contributed by atoms with van der Waals surface area (Å²) in [7, 11) is 1.79. The molecule has 26 heavy (non-hydrogen) atoms. The van der Waals surface area contributed by atoms with Gasteiger partial charge in [-0.2, -0.15) is 0 Å². The van der Waals surface area contributed by atoms with Crippen LogP contribution >= 0.6 is 0 Å². The van der Waals surface area contributed by atoms with Crippen LogP contribution in [0, 0.1) is 5.92 Å². The Morgan fingerprint density at radius 3 is 2.50 bits per heavy atom. The van der Waals surface area contributed by atoms with Crippen molar-refractivity contribution in [2.75, 3.05) is 12.4 Å². The predicted molar refractivity (Wildman–Crippen MR) is 104 cm³/mol. The van der Waals surface area contributed by atoms with E-state index in [9.17, 15) is 9.59 Å². The lowest BCUT2D eigenvalue weighted by molar-refractivity contribution is -0.117. The first-order chi connectivity index (χ1) is 12.6. The number of carbonyl (C=O) groups is 2. The quantitative estimate of drug-likeness (QED) is 0.835. The van der Waals surface area contributed by atoms with E-state index in [0.29, 0.717) is 30.1 Å².